The zero-order valence-electron chi connectivity index (χ0n) is 46.3. The fraction of sp³-hybridized carbons (Fsp3) is 0.128. The summed E-state index contributed by atoms with van der Waals surface area (Å²) in [6.45, 7) is 7.48. The minimum atomic E-state index is -4.71. The fourth-order valence-electron chi connectivity index (χ4n) is 15.1. The summed E-state index contributed by atoms with van der Waals surface area (Å²) in [4.78, 5) is 0. The molecular formula is C78H66SiZr. The summed E-state index contributed by atoms with van der Waals surface area (Å²) in [6.07, 6.45) is 7.43. The molecule has 0 radical (unpaired) electrons. The SMILES string of the molecule is CC(CC1=Cc2c(-c3cccc4ccccc34)ccc(-c3cccc4ccccc34)c2[CH]1[Zr]([CH3])([CH3])(=[SiH2])[CH]1C(CC(C)c2ccccc2)=Cc2c(-c3cccc4ccccc34)ccc(-c3cccc4ccccc34)c21)c1ccccc1. The summed E-state index contributed by atoms with van der Waals surface area (Å²) in [5.41, 5.74) is 22.5. The molecule has 4 atom stereocenters. The quantitative estimate of drug-likeness (QED) is 0.107. The Labute approximate surface area is 474 Å². The van der Waals surface area contributed by atoms with Crippen molar-refractivity contribution in [2.45, 2.75) is 55.0 Å². The van der Waals surface area contributed by atoms with E-state index < -0.39 is 17.4 Å². The van der Waals surface area contributed by atoms with E-state index >= 15 is 0 Å². The Morgan fingerprint density at radius 2 is 0.588 bits per heavy atom. The van der Waals surface area contributed by atoms with Gasteiger partial charge in [0.05, 0.1) is 0 Å². The van der Waals surface area contributed by atoms with Crippen LogP contribution >= 0.6 is 0 Å². The molecule has 4 unspecified atom stereocenters. The van der Waals surface area contributed by atoms with Crippen molar-refractivity contribution in [3.05, 3.63) is 299 Å². The summed E-state index contributed by atoms with van der Waals surface area (Å²) in [6, 6.07) is 96.7. The molecule has 0 saturated heterocycles. The number of allylic oxidation sites excluding steroid dienone is 2. The van der Waals surface area contributed by atoms with Crippen molar-refractivity contribution in [3.8, 4) is 44.5 Å². The second-order valence-electron chi connectivity index (χ2n) is 24.4. The zero-order valence-corrected chi connectivity index (χ0v) is 50.2. The maximum absolute atomic E-state index is 4.71. The van der Waals surface area contributed by atoms with Crippen molar-refractivity contribution in [2.24, 2.45) is 0 Å². The Hall–Kier alpha value is -7.74. The topological polar surface area (TPSA) is 0 Å². The van der Waals surface area contributed by atoms with Gasteiger partial charge >= 0.3 is 478 Å². The minimum absolute atomic E-state index is 0.202. The first kappa shape index (κ1) is 50.5. The third-order valence-electron chi connectivity index (χ3n) is 18.6. The van der Waals surface area contributed by atoms with Crippen LogP contribution in [-0.4, -0.2) is 6.88 Å². The van der Waals surface area contributed by atoms with Gasteiger partial charge in [-0.25, -0.2) is 0 Å². The van der Waals surface area contributed by atoms with E-state index in [0.717, 1.165) is 12.8 Å². The normalized spacial score (nSPS) is 15.9. The molecule has 12 aromatic rings. The first-order valence-electron chi connectivity index (χ1n) is 28.9. The van der Waals surface area contributed by atoms with E-state index in [1.165, 1.54) is 121 Å². The van der Waals surface area contributed by atoms with Gasteiger partial charge in [0.1, 0.15) is 0 Å². The van der Waals surface area contributed by atoms with Crippen molar-refractivity contribution in [3.63, 3.8) is 0 Å². The van der Waals surface area contributed by atoms with Gasteiger partial charge in [0.15, 0.2) is 0 Å². The Balaban J connectivity index is 1.10. The van der Waals surface area contributed by atoms with Gasteiger partial charge in [-0.15, -0.1) is 0 Å². The molecule has 0 fully saturated rings. The first-order chi connectivity index (χ1) is 39.1. The van der Waals surface area contributed by atoms with E-state index in [1.807, 2.05) is 0 Å². The Bertz CT molecular complexity index is 4250. The van der Waals surface area contributed by atoms with E-state index in [0.29, 0.717) is 11.8 Å². The molecule has 0 saturated carbocycles. The van der Waals surface area contributed by atoms with Crippen molar-refractivity contribution >= 4 is 62.1 Å². The van der Waals surface area contributed by atoms with Gasteiger partial charge in [0.2, 0.25) is 0 Å². The third kappa shape index (κ3) is 8.57. The molecule has 0 aliphatic heterocycles. The van der Waals surface area contributed by atoms with Gasteiger partial charge in [0, 0.05) is 0 Å². The molecule has 14 rings (SSSR count). The van der Waals surface area contributed by atoms with Crippen LogP contribution in [0.1, 0.15) is 79.2 Å². The van der Waals surface area contributed by atoms with Crippen LogP contribution in [0.5, 0.6) is 0 Å². The number of benzene rings is 12. The van der Waals surface area contributed by atoms with Crippen LogP contribution in [0, 0.1) is 0 Å². The number of hydrogen-bond donors (Lipinski definition) is 0. The van der Waals surface area contributed by atoms with Crippen LogP contribution in [0.2, 0.25) is 9.26 Å². The van der Waals surface area contributed by atoms with E-state index in [9.17, 15) is 0 Å². The number of fused-ring (bicyclic) bond motifs is 6. The van der Waals surface area contributed by atoms with Crippen LogP contribution in [0.25, 0.3) is 99.7 Å². The summed E-state index contributed by atoms with van der Waals surface area (Å²) in [5.74, 6) is 0.617. The molecule has 0 heterocycles. The molecule has 12 aromatic carbocycles. The standard InChI is InChI=1S/2C38H29.2CH3.H2Si.Zr/c2*1-26(28-11-3-2-4-12-28)23-27-24-37-35(33-19-9-15-29-13-5-7-17-31(29)33)21-22-36(38(37)25-27)34-20-10-16-30-14-6-8-18-32(30)34;;;;/h2*2-22,24-26H,23H2,1H3;2*1H3;1H2;. The van der Waals surface area contributed by atoms with Crippen LogP contribution in [0.15, 0.2) is 266 Å². The van der Waals surface area contributed by atoms with Crippen molar-refractivity contribution < 1.29 is 17.4 Å². The average molecular weight is 1120 g/mol. The van der Waals surface area contributed by atoms with Gasteiger partial charge in [-0.05, 0) is 0 Å². The fourth-order valence-corrected chi connectivity index (χ4v) is 34.6. The van der Waals surface area contributed by atoms with E-state index in [4.69, 9.17) is 0 Å². The Morgan fingerprint density at radius 3 is 0.925 bits per heavy atom. The molecule has 2 heteroatoms. The van der Waals surface area contributed by atoms with E-state index in [1.54, 1.807) is 11.1 Å². The Morgan fingerprint density at radius 1 is 0.312 bits per heavy atom. The average Bonchev–Trinajstić information content (AvgIpc) is 4.28. The maximum atomic E-state index is 2.90. The molecule has 386 valence electrons. The van der Waals surface area contributed by atoms with Crippen molar-refractivity contribution in [1.29, 1.82) is 0 Å². The summed E-state index contributed by atoms with van der Waals surface area (Å²) in [5, 5.41) is 10.3. The molecule has 0 amide bonds. The predicted molar refractivity (Wildman–Crippen MR) is 345 cm³/mol. The summed E-state index contributed by atoms with van der Waals surface area (Å²) < 4.78 is 6.20. The summed E-state index contributed by atoms with van der Waals surface area (Å²) in [7, 11) is 0. The molecule has 0 aromatic heterocycles. The molecule has 80 heavy (non-hydrogen) atoms. The van der Waals surface area contributed by atoms with E-state index in [2.05, 4.69) is 297 Å². The van der Waals surface area contributed by atoms with E-state index in [-0.39, 0.29) is 7.25 Å². The molecule has 0 bridgehead atoms. The van der Waals surface area contributed by atoms with Gasteiger partial charge in [-0.3, -0.25) is 0 Å². The molecule has 2 aliphatic carbocycles. The van der Waals surface area contributed by atoms with Gasteiger partial charge < -0.3 is 0 Å². The monoisotopic (exact) mass is 1120 g/mol. The number of rotatable bonds is 12. The molecule has 0 nitrogen and oxygen atoms in total. The molecule has 0 N–H and O–H groups in total. The first-order valence-corrected chi connectivity index (χ1v) is 42.6. The van der Waals surface area contributed by atoms with Crippen molar-refractivity contribution in [1.82, 2.24) is 0 Å². The zero-order chi connectivity index (χ0) is 54.1. The van der Waals surface area contributed by atoms with Gasteiger partial charge in [-0.2, -0.15) is 0 Å². The summed E-state index contributed by atoms with van der Waals surface area (Å²) >= 11 is -4.71. The van der Waals surface area contributed by atoms with Crippen LogP contribution in [-0.2, 0) is 17.4 Å². The van der Waals surface area contributed by atoms with Gasteiger partial charge in [0.25, 0.3) is 0 Å². The number of hydrogen-bond acceptors (Lipinski definition) is 0. The second kappa shape index (κ2) is 20.1. The van der Waals surface area contributed by atoms with Crippen molar-refractivity contribution in [2.75, 3.05) is 0 Å². The van der Waals surface area contributed by atoms with Crippen LogP contribution in [0.4, 0.5) is 0 Å². The van der Waals surface area contributed by atoms with Gasteiger partial charge in [-0.1, -0.05) is 0 Å². The van der Waals surface area contributed by atoms with Crippen LogP contribution < -0.4 is 0 Å². The predicted octanol–water partition coefficient (Wildman–Crippen LogP) is 21.3. The third-order valence-corrected chi connectivity index (χ3v) is 36.0. The second-order valence-corrected chi connectivity index (χ2v) is 54.8. The Kier molecular flexibility index (Phi) is 12.7. The molecule has 2 aliphatic rings. The van der Waals surface area contributed by atoms with Crippen LogP contribution in [0.3, 0.4) is 0 Å². The molecular weight excluding hydrogens is 1060 g/mol. The molecule has 0 spiro atoms.